The summed E-state index contributed by atoms with van der Waals surface area (Å²) in [6.45, 7) is 2.27. The molecule has 0 spiro atoms. The van der Waals surface area contributed by atoms with Crippen LogP contribution in [0.15, 0.2) is 18.2 Å². The maximum Gasteiger partial charge on any atom is 0.224 e. The second-order valence-electron chi connectivity index (χ2n) is 3.83. The standard InChI is InChI=1S/C12H16F2N2O/c1-2-9(7-15)16-12(17)6-8-3-4-10(13)11(14)5-8/h3-5,9H,2,6-7,15H2,1H3,(H,16,17). The number of amides is 1. The van der Waals surface area contributed by atoms with Crippen molar-refractivity contribution in [2.24, 2.45) is 5.73 Å². The van der Waals surface area contributed by atoms with Crippen LogP contribution in [-0.4, -0.2) is 18.5 Å². The average Bonchev–Trinajstić information content (AvgIpc) is 2.31. The van der Waals surface area contributed by atoms with Crippen molar-refractivity contribution in [3.05, 3.63) is 35.4 Å². The van der Waals surface area contributed by atoms with Crippen LogP contribution in [-0.2, 0) is 11.2 Å². The van der Waals surface area contributed by atoms with Gasteiger partial charge in [-0.3, -0.25) is 4.79 Å². The first-order chi connectivity index (χ1) is 8.06. The largest absolute Gasteiger partial charge is 0.352 e. The summed E-state index contributed by atoms with van der Waals surface area (Å²) < 4.78 is 25.6. The highest BCUT2D eigenvalue weighted by Gasteiger charge is 2.10. The van der Waals surface area contributed by atoms with E-state index in [-0.39, 0.29) is 18.4 Å². The Bertz CT molecular complexity index is 392. The number of benzene rings is 1. The van der Waals surface area contributed by atoms with E-state index in [0.29, 0.717) is 12.1 Å². The fourth-order valence-corrected chi connectivity index (χ4v) is 1.44. The Morgan fingerprint density at radius 2 is 2.12 bits per heavy atom. The molecule has 0 aliphatic heterocycles. The van der Waals surface area contributed by atoms with Crippen molar-refractivity contribution in [2.75, 3.05) is 6.54 Å². The Hall–Kier alpha value is -1.49. The summed E-state index contributed by atoms with van der Waals surface area (Å²) in [7, 11) is 0. The van der Waals surface area contributed by atoms with Crippen molar-refractivity contribution in [2.45, 2.75) is 25.8 Å². The van der Waals surface area contributed by atoms with Gasteiger partial charge in [0, 0.05) is 12.6 Å². The summed E-state index contributed by atoms with van der Waals surface area (Å²) in [4.78, 5) is 11.6. The molecule has 1 aromatic rings. The van der Waals surface area contributed by atoms with Gasteiger partial charge in [0.2, 0.25) is 5.91 Å². The molecule has 17 heavy (non-hydrogen) atoms. The third-order valence-corrected chi connectivity index (χ3v) is 2.49. The number of nitrogens with two attached hydrogens (primary N) is 1. The van der Waals surface area contributed by atoms with Crippen molar-refractivity contribution in [1.29, 1.82) is 0 Å². The minimum atomic E-state index is -0.943. The number of rotatable bonds is 5. The monoisotopic (exact) mass is 242 g/mol. The Labute approximate surface area is 99.0 Å². The third kappa shape index (κ3) is 4.11. The van der Waals surface area contributed by atoms with Gasteiger partial charge >= 0.3 is 0 Å². The van der Waals surface area contributed by atoms with Gasteiger partial charge in [-0.2, -0.15) is 0 Å². The quantitative estimate of drug-likeness (QED) is 0.819. The van der Waals surface area contributed by atoms with Gasteiger partial charge in [0.1, 0.15) is 0 Å². The van der Waals surface area contributed by atoms with E-state index in [1.165, 1.54) is 6.07 Å². The zero-order valence-corrected chi connectivity index (χ0v) is 9.67. The summed E-state index contributed by atoms with van der Waals surface area (Å²) >= 11 is 0. The van der Waals surface area contributed by atoms with Gasteiger partial charge < -0.3 is 11.1 Å². The molecular weight excluding hydrogens is 226 g/mol. The lowest BCUT2D eigenvalue weighted by Crippen LogP contribution is -2.40. The molecule has 0 aliphatic rings. The van der Waals surface area contributed by atoms with Gasteiger partial charge in [-0.1, -0.05) is 13.0 Å². The molecule has 0 aliphatic carbocycles. The molecule has 1 aromatic carbocycles. The van der Waals surface area contributed by atoms with Gasteiger partial charge in [-0.05, 0) is 24.1 Å². The van der Waals surface area contributed by atoms with Crippen LogP contribution >= 0.6 is 0 Å². The molecule has 1 unspecified atom stereocenters. The molecular formula is C12H16F2N2O. The van der Waals surface area contributed by atoms with Gasteiger partial charge in [0.15, 0.2) is 11.6 Å². The zero-order valence-electron chi connectivity index (χ0n) is 9.67. The first kappa shape index (κ1) is 13.6. The predicted octanol–water partition coefficient (Wildman–Crippen LogP) is 1.36. The molecule has 0 heterocycles. The Morgan fingerprint density at radius 3 is 2.65 bits per heavy atom. The van der Waals surface area contributed by atoms with Crippen LogP contribution in [0.1, 0.15) is 18.9 Å². The fourth-order valence-electron chi connectivity index (χ4n) is 1.44. The fraction of sp³-hybridized carbons (Fsp3) is 0.417. The SMILES string of the molecule is CCC(CN)NC(=O)Cc1ccc(F)c(F)c1. The van der Waals surface area contributed by atoms with E-state index in [0.717, 1.165) is 18.6 Å². The lowest BCUT2D eigenvalue weighted by Gasteiger charge is -2.14. The van der Waals surface area contributed by atoms with Gasteiger partial charge in [0.25, 0.3) is 0 Å². The Morgan fingerprint density at radius 1 is 1.41 bits per heavy atom. The number of halogens is 2. The van der Waals surface area contributed by atoms with Gasteiger partial charge in [-0.25, -0.2) is 8.78 Å². The van der Waals surface area contributed by atoms with E-state index in [4.69, 9.17) is 5.73 Å². The molecule has 0 radical (unpaired) electrons. The molecule has 1 atom stereocenters. The van der Waals surface area contributed by atoms with E-state index in [2.05, 4.69) is 5.32 Å². The highest BCUT2D eigenvalue weighted by Crippen LogP contribution is 2.09. The molecule has 0 saturated carbocycles. The van der Waals surface area contributed by atoms with Crippen molar-refractivity contribution in [3.63, 3.8) is 0 Å². The average molecular weight is 242 g/mol. The second kappa shape index (κ2) is 6.30. The van der Waals surface area contributed by atoms with Crippen molar-refractivity contribution >= 4 is 5.91 Å². The zero-order chi connectivity index (χ0) is 12.8. The molecule has 3 N–H and O–H groups in total. The topological polar surface area (TPSA) is 55.1 Å². The normalized spacial score (nSPS) is 12.2. The van der Waals surface area contributed by atoms with Crippen LogP contribution in [0.3, 0.4) is 0 Å². The maximum absolute atomic E-state index is 12.9. The van der Waals surface area contributed by atoms with E-state index >= 15 is 0 Å². The van der Waals surface area contributed by atoms with Crippen LogP contribution in [0, 0.1) is 11.6 Å². The van der Waals surface area contributed by atoms with E-state index in [1.807, 2.05) is 6.92 Å². The molecule has 94 valence electrons. The Kier molecular flexibility index (Phi) is 5.03. The minimum Gasteiger partial charge on any atom is -0.352 e. The molecule has 0 aromatic heterocycles. The minimum absolute atomic E-state index is 0.0215. The summed E-state index contributed by atoms with van der Waals surface area (Å²) in [5.41, 5.74) is 5.88. The number of hydrogen-bond donors (Lipinski definition) is 2. The Balaban J connectivity index is 2.58. The third-order valence-electron chi connectivity index (χ3n) is 2.49. The van der Waals surface area contributed by atoms with E-state index < -0.39 is 11.6 Å². The van der Waals surface area contributed by atoms with Crippen molar-refractivity contribution < 1.29 is 13.6 Å². The molecule has 1 amide bonds. The van der Waals surface area contributed by atoms with Crippen LogP contribution in [0.2, 0.25) is 0 Å². The van der Waals surface area contributed by atoms with E-state index in [1.54, 1.807) is 0 Å². The molecule has 0 fully saturated rings. The highest BCUT2D eigenvalue weighted by atomic mass is 19.2. The lowest BCUT2D eigenvalue weighted by atomic mass is 10.1. The van der Waals surface area contributed by atoms with Crippen molar-refractivity contribution in [1.82, 2.24) is 5.32 Å². The summed E-state index contributed by atoms with van der Waals surface area (Å²) in [5, 5.41) is 2.72. The van der Waals surface area contributed by atoms with Gasteiger partial charge in [-0.15, -0.1) is 0 Å². The molecule has 0 saturated heterocycles. The highest BCUT2D eigenvalue weighted by molar-refractivity contribution is 5.78. The van der Waals surface area contributed by atoms with E-state index in [9.17, 15) is 13.6 Å². The molecule has 5 heteroatoms. The molecule has 0 bridgehead atoms. The first-order valence-electron chi connectivity index (χ1n) is 5.50. The lowest BCUT2D eigenvalue weighted by molar-refractivity contribution is -0.121. The number of carbonyl (C=O) groups is 1. The molecule has 1 rings (SSSR count). The molecule has 3 nitrogen and oxygen atoms in total. The summed E-state index contributed by atoms with van der Waals surface area (Å²) in [5.74, 6) is -2.10. The van der Waals surface area contributed by atoms with Crippen LogP contribution in [0.25, 0.3) is 0 Å². The smallest absolute Gasteiger partial charge is 0.224 e. The first-order valence-corrected chi connectivity index (χ1v) is 5.50. The number of hydrogen-bond acceptors (Lipinski definition) is 2. The van der Waals surface area contributed by atoms with Crippen LogP contribution in [0.5, 0.6) is 0 Å². The summed E-state index contributed by atoms with van der Waals surface area (Å²) in [6.07, 6.45) is 0.758. The second-order valence-corrected chi connectivity index (χ2v) is 3.83. The van der Waals surface area contributed by atoms with Crippen LogP contribution in [0.4, 0.5) is 8.78 Å². The van der Waals surface area contributed by atoms with Gasteiger partial charge in [0.05, 0.1) is 6.42 Å². The predicted molar refractivity (Wildman–Crippen MR) is 61.3 cm³/mol. The summed E-state index contributed by atoms with van der Waals surface area (Å²) in [6, 6.07) is 3.35. The van der Waals surface area contributed by atoms with Crippen LogP contribution < -0.4 is 11.1 Å². The van der Waals surface area contributed by atoms with Crippen molar-refractivity contribution in [3.8, 4) is 0 Å². The number of carbonyl (C=O) groups excluding carboxylic acids is 1. The maximum atomic E-state index is 12.9. The number of nitrogens with one attached hydrogen (secondary N) is 1.